The Hall–Kier alpha value is -0.990. The van der Waals surface area contributed by atoms with Gasteiger partial charge in [-0.1, -0.05) is 44.0 Å². The third-order valence-corrected chi connectivity index (χ3v) is 3.48. The molecule has 0 amide bonds. The highest BCUT2D eigenvalue weighted by Crippen LogP contribution is 2.36. The largest absolute Gasteiger partial charge is 0.268 e. The van der Waals surface area contributed by atoms with Gasteiger partial charge in [0, 0.05) is 23.2 Å². The molecule has 0 aliphatic carbocycles. The highest BCUT2D eigenvalue weighted by Gasteiger charge is 2.23. The second-order valence-electron chi connectivity index (χ2n) is 5.40. The SMILES string of the molecule is Cn1ncc(C(C)(C)C)c1-c1ccc(Cl)cc1Cl. The molecule has 0 radical (unpaired) electrons. The highest BCUT2D eigenvalue weighted by molar-refractivity contribution is 6.36. The molecule has 0 fully saturated rings. The van der Waals surface area contributed by atoms with E-state index in [4.69, 9.17) is 23.2 Å². The Bertz CT molecular complexity index is 580. The Kier molecular flexibility index (Phi) is 3.43. The van der Waals surface area contributed by atoms with Crippen LogP contribution in [-0.2, 0) is 12.5 Å². The van der Waals surface area contributed by atoms with Gasteiger partial charge in [-0.15, -0.1) is 0 Å². The molecule has 96 valence electrons. The van der Waals surface area contributed by atoms with E-state index in [9.17, 15) is 0 Å². The van der Waals surface area contributed by atoms with Crippen molar-refractivity contribution in [3.8, 4) is 11.3 Å². The third kappa shape index (κ3) is 2.40. The molecule has 2 rings (SSSR count). The van der Waals surface area contributed by atoms with Gasteiger partial charge in [0.1, 0.15) is 0 Å². The Morgan fingerprint density at radius 3 is 2.39 bits per heavy atom. The van der Waals surface area contributed by atoms with E-state index in [1.54, 1.807) is 6.07 Å². The summed E-state index contributed by atoms with van der Waals surface area (Å²) < 4.78 is 1.86. The van der Waals surface area contributed by atoms with Crippen LogP contribution in [-0.4, -0.2) is 9.78 Å². The van der Waals surface area contributed by atoms with Crippen molar-refractivity contribution in [3.63, 3.8) is 0 Å². The van der Waals surface area contributed by atoms with E-state index in [2.05, 4.69) is 25.9 Å². The van der Waals surface area contributed by atoms with Gasteiger partial charge in [0.05, 0.1) is 16.9 Å². The van der Waals surface area contributed by atoms with Crippen LogP contribution in [0.2, 0.25) is 10.0 Å². The summed E-state index contributed by atoms with van der Waals surface area (Å²) in [6.45, 7) is 6.49. The second-order valence-corrected chi connectivity index (χ2v) is 6.25. The van der Waals surface area contributed by atoms with Gasteiger partial charge in [-0.3, -0.25) is 4.68 Å². The molecule has 1 aromatic heterocycles. The topological polar surface area (TPSA) is 17.8 Å². The first-order valence-electron chi connectivity index (χ1n) is 5.78. The molecule has 1 aromatic carbocycles. The first-order valence-corrected chi connectivity index (χ1v) is 6.54. The van der Waals surface area contributed by atoms with E-state index in [0.29, 0.717) is 10.0 Å². The maximum atomic E-state index is 6.29. The smallest absolute Gasteiger partial charge is 0.0731 e. The summed E-state index contributed by atoms with van der Waals surface area (Å²) in [5.41, 5.74) is 3.21. The first kappa shape index (κ1) is 13.4. The van der Waals surface area contributed by atoms with Gasteiger partial charge in [-0.2, -0.15) is 5.10 Å². The van der Waals surface area contributed by atoms with Crippen molar-refractivity contribution < 1.29 is 0 Å². The van der Waals surface area contributed by atoms with Crippen molar-refractivity contribution in [1.29, 1.82) is 0 Å². The van der Waals surface area contributed by atoms with Gasteiger partial charge in [0.25, 0.3) is 0 Å². The lowest BCUT2D eigenvalue weighted by Gasteiger charge is -2.20. The minimum Gasteiger partial charge on any atom is -0.268 e. The highest BCUT2D eigenvalue weighted by atomic mass is 35.5. The van der Waals surface area contributed by atoms with E-state index in [0.717, 1.165) is 11.3 Å². The molecule has 2 nitrogen and oxygen atoms in total. The summed E-state index contributed by atoms with van der Waals surface area (Å²) in [6, 6.07) is 5.55. The summed E-state index contributed by atoms with van der Waals surface area (Å²) in [5, 5.41) is 5.64. The van der Waals surface area contributed by atoms with Gasteiger partial charge >= 0.3 is 0 Å². The quantitative estimate of drug-likeness (QED) is 0.742. The fraction of sp³-hybridized carbons (Fsp3) is 0.357. The fourth-order valence-electron chi connectivity index (χ4n) is 1.99. The standard InChI is InChI=1S/C14H16Cl2N2/c1-14(2,3)11-8-17-18(4)13(11)10-6-5-9(15)7-12(10)16/h5-8H,1-4H3. The molecule has 2 aromatic rings. The predicted octanol–water partition coefficient (Wildman–Crippen LogP) is 4.69. The normalized spacial score (nSPS) is 11.9. The molecular formula is C14H16Cl2N2. The third-order valence-electron chi connectivity index (χ3n) is 2.93. The fourth-order valence-corrected chi connectivity index (χ4v) is 2.49. The summed E-state index contributed by atoms with van der Waals surface area (Å²) in [6.07, 6.45) is 1.90. The molecule has 0 N–H and O–H groups in total. The van der Waals surface area contributed by atoms with Crippen molar-refractivity contribution in [2.24, 2.45) is 7.05 Å². The monoisotopic (exact) mass is 282 g/mol. The van der Waals surface area contributed by atoms with Crippen molar-refractivity contribution in [1.82, 2.24) is 9.78 Å². The van der Waals surface area contributed by atoms with Crippen LogP contribution >= 0.6 is 23.2 Å². The van der Waals surface area contributed by atoms with E-state index in [-0.39, 0.29) is 5.41 Å². The van der Waals surface area contributed by atoms with Crippen LogP contribution in [0.15, 0.2) is 24.4 Å². The summed E-state index contributed by atoms with van der Waals surface area (Å²) in [4.78, 5) is 0. The summed E-state index contributed by atoms with van der Waals surface area (Å²) in [5.74, 6) is 0. The molecule has 0 saturated heterocycles. The molecule has 0 unspecified atom stereocenters. The molecular weight excluding hydrogens is 267 g/mol. The van der Waals surface area contributed by atoms with Gasteiger partial charge in [0.15, 0.2) is 0 Å². The zero-order valence-electron chi connectivity index (χ0n) is 11.0. The Balaban J connectivity index is 2.67. The number of aryl methyl sites for hydroxylation is 1. The van der Waals surface area contributed by atoms with Crippen molar-refractivity contribution in [3.05, 3.63) is 40.0 Å². The minimum atomic E-state index is 0.0204. The van der Waals surface area contributed by atoms with Crippen LogP contribution in [0.1, 0.15) is 26.3 Å². The molecule has 0 spiro atoms. The number of rotatable bonds is 1. The van der Waals surface area contributed by atoms with Crippen LogP contribution in [0.5, 0.6) is 0 Å². The zero-order chi connectivity index (χ0) is 13.5. The van der Waals surface area contributed by atoms with Crippen molar-refractivity contribution in [2.75, 3.05) is 0 Å². The van der Waals surface area contributed by atoms with Gasteiger partial charge in [-0.25, -0.2) is 0 Å². The van der Waals surface area contributed by atoms with Crippen LogP contribution in [0.4, 0.5) is 0 Å². The molecule has 0 aliphatic heterocycles. The predicted molar refractivity (Wildman–Crippen MR) is 77.4 cm³/mol. The lowest BCUT2D eigenvalue weighted by atomic mass is 9.86. The van der Waals surface area contributed by atoms with Crippen molar-refractivity contribution in [2.45, 2.75) is 26.2 Å². The molecule has 0 bridgehead atoms. The van der Waals surface area contributed by atoms with Gasteiger partial charge in [-0.05, 0) is 23.6 Å². The summed E-state index contributed by atoms with van der Waals surface area (Å²) >= 11 is 12.2. The molecule has 4 heteroatoms. The molecule has 0 aliphatic rings. The van der Waals surface area contributed by atoms with Crippen molar-refractivity contribution >= 4 is 23.2 Å². The van der Waals surface area contributed by atoms with E-state index in [1.165, 1.54) is 5.56 Å². The second kappa shape index (κ2) is 4.60. The number of hydrogen-bond donors (Lipinski definition) is 0. The van der Waals surface area contributed by atoms with Gasteiger partial charge < -0.3 is 0 Å². The van der Waals surface area contributed by atoms with E-state index >= 15 is 0 Å². The lowest BCUT2D eigenvalue weighted by molar-refractivity contribution is 0.591. The molecule has 0 atom stereocenters. The molecule has 1 heterocycles. The van der Waals surface area contributed by atoms with E-state index < -0.39 is 0 Å². The van der Waals surface area contributed by atoms with Crippen LogP contribution < -0.4 is 0 Å². The van der Waals surface area contributed by atoms with E-state index in [1.807, 2.05) is 30.1 Å². The number of benzene rings is 1. The molecule has 0 saturated carbocycles. The average Bonchev–Trinajstić information content (AvgIpc) is 2.60. The first-order chi connectivity index (χ1) is 8.30. The average molecular weight is 283 g/mol. The number of halogens is 2. The molecule has 18 heavy (non-hydrogen) atoms. The van der Waals surface area contributed by atoms with Crippen LogP contribution in [0.3, 0.4) is 0 Å². The Morgan fingerprint density at radius 1 is 1.17 bits per heavy atom. The minimum absolute atomic E-state index is 0.0204. The number of aromatic nitrogens is 2. The zero-order valence-corrected chi connectivity index (χ0v) is 12.5. The number of hydrogen-bond acceptors (Lipinski definition) is 1. The lowest BCUT2D eigenvalue weighted by Crippen LogP contribution is -2.12. The summed E-state index contributed by atoms with van der Waals surface area (Å²) in [7, 11) is 1.93. The van der Waals surface area contributed by atoms with Gasteiger partial charge in [0.2, 0.25) is 0 Å². The van der Waals surface area contributed by atoms with Crippen LogP contribution in [0, 0.1) is 0 Å². The number of nitrogens with zero attached hydrogens (tertiary/aromatic N) is 2. The Labute approximate surface area is 118 Å². The Morgan fingerprint density at radius 2 is 1.83 bits per heavy atom. The maximum absolute atomic E-state index is 6.29. The van der Waals surface area contributed by atoms with Crippen LogP contribution in [0.25, 0.3) is 11.3 Å². The maximum Gasteiger partial charge on any atom is 0.0731 e.